The zero-order chi connectivity index (χ0) is 26.6. The molecule has 0 amide bonds. The largest absolute Gasteiger partial charge is 0.490 e. The Morgan fingerprint density at radius 2 is 2.03 bits per heavy atom. The molecule has 1 saturated carbocycles. The topological polar surface area (TPSA) is 144 Å². The summed E-state index contributed by atoms with van der Waals surface area (Å²) in [6.07, 6.45) is 5.23. The highest BCUT2D eigenvalue weighted by atomic mass is 16.5. The summed E-state index contributed by atoms with van der Waals surface area (Å²) in [6.45, 7) is 1.24. The number of aliphatic hydroxyl groups is 1. The first-order valence-corrected chi connectivity index (χ1v) is 13.3. The van der Waals surface area contributed by atoms with Crippen molar-refractivity contribution in [2.75, 3.05) is 26.3 Å². The Hall–Kier alpha value is -4.09. The van der Waals surface area contributed by atoms with Gasteiger partial charge >= 0.3 is 0 Å². The van der Waals surface area contributed by atoms with Crippen LogP contribution < -0.4 is 14.8 Å². The molecular weight excluding hydrogens is 500 g/mol. The van der Waals surface area contributed by atoms with Gasteiger partial charge in [0, 0.05) is 41.6 Å². The van der Waals surface area contributed by atoms with E-state index in [0.717, 1.165) is 23.7 Å². The molecule has 0 bridgehead atoms. The van der Waals surface area contributed by atoms with Gasteiger partial charge in [-0.25, -0.2) is 0 Å². The van der Waals surface area contributed by atoms with Crippen molar-refractivity contribution in [2.24, 2.45) is 5.92 Å². The smallest absolute Gasteiger partial charge is 0.204 e. The summed E-state index contributed by atoms with van der Waals surface area (Å²) in [6, 6.07) is 11.2. The van der Waals surface area contributed by atoms with Crippen LogP contribution in [0.3, 0.4) is 0 Å². The van der Waals surface area contributed by atoms with Crippen LogP contribution in [0, 0.1) is 5.92 Å². The van der Waals surface area contributed by atoms with E-state index in [9.17, 15) is 14.7 Å². The van der Waals surface area contributed by atoms with E-state index in [1.807, 2.05) is 18.3 Å². The highest BCUT2D eigenvalue weighted by Crippen LogP contribution is 2.45. The fraction of sp³-hybridized carbons (Fsp3) is 0.393. The molecule has 7 rings (SSSR count). The molecule has 4 aromatic rings. The maximum absolute atomic E-state index is 14.4. The summed E-state index contributed by atoms with van der Waals surface area (Å²) in [4.78, 5) is 28.6. The lowest BCUT2D eigenvalue weighted by Gasteiger charge is -2.45. The van der Waals surface area contributed by atoms with Gasteiger partial charge in [-0.15, -0.1) is 10.2 Å². The van der Waals surface area contributed by atoms with Crippen molar-refractivity contribution >= 4 is 22.5 Å². The summed E-state index contributed by atoms with van der Waals surface area (Å²) in [5, 5.41) is 27.7. The molecule has 1 atom stereocenters. The van der Waals surface area contributed by atoms with Gasteiger partial charge in [0.15, 0.2) is 11.6 Å². The van der Waals surface area contributed by atoms with Crippen molar-refractivity contribution in [2.45, 2.75) is 37.3 Å². The number of nitrogens with one attached hydrogen (secondary N) is 2. The van der Waals surface area contributed by atoms with Gasteiger partial charge in [0.1, 0.15) is 29.6 Å². The van der Waals surface area contributed by atoms with Crippen LogP contribution in [-0.2, 0) is 0 Å². The van der Waals surface area contributed by atoms with Crippen LogP contribution >= 0.6 is 0 Å². The maximum Gasteiger partial charge on any atom is 0.204 e. The molecule has 2 aliphatic heterocycles. The van der Waals surface area contributed by atoms with E-state index < -0.39 is 11.5 Å². The molecule has 39 heavy (non-hydrogen) atoms. The van der Waals surface area contributed by atoms with E-state index in [-0.39, 0.29) is 24.8 Å². The second-order valence-electron chi connectivity index (χ2n) is 10.5. The van der Waals surface area contributed by atoms with Crippen LogP contribution in [-0.4, -0.2) is 73.8 Å². The number of piperidine rings is 1. The number of aromatic amines is 1. The Labute approximate surface area is 223 Å². The quantitative estimate of drug-likeness (QED) is 0.244. The number of aliphatic hydroxyl groups excluding tert-OH is 1. The molecule has 1 unspecified atom stereocenters. The van der Waals surface area contributed by atoms with Crippen LogP contribution in [0.5, 0.6) is 11.5 Å². The van der Waals surface area contributed by atoms with Gasteiger partial charge in [-0.2, -0.15) is 5.21 Å². The Bertz CT molecular complexity index is 1570. The molecule has 2 aromatic heterocycles. The molecule has 200 valence electrons. The number of nitrogens with zero attached hydrogens (tertiary/aromatic N) is 4. The number of Topliss-reactive ketones (excluding diaryl/α,β-unsaturated/α-hetero) is 2. The number of carbonyl (C=O) groups is 2. The van der Waals surface area contributed by atoms with Crippen LogP contribution in [0.4, 0.5) is 0 Å². The third kappa shape index (κ3) is 4.00. The molecule has 11 nitrogen and oxygen atoms in total. The zero-order valence-corrected chi connectivity index (χ0v) is 21.2. The lowest BCUT2D eigenvalue weighted by Crippen LogP contribution is -2.58. The third-order valence-electron chi connectivity index (χ3n) is 8.04. The molecule has 1 spiro atoms. The summed E-state index contributed by atoms with van der Waals surface area (Å²) >= 11 is 0. The summed E-state index contributed by atoms with van der Waals surface area (Å²) < 4.78 is 14.6. The number of benzene rings is 2. The van der Waals surface area contributed by atoms with Gasteiger partial charge in [0.25, 0.3) is 0 Å². The van der Waals surface area contributed by atoms with Gasteiger partial charge in [-0.3, -0.25) is 9.59 Å². The first-order chi connectivity index (χ1) is 19.1. The second kappa shape index (κ2) is 9.28. The number of hydrogen-bond acceptors (Lipinski definition) is 9. The fourth-order valence-corrected chi connectivity index (χ4v) is 5.99. The van der Waals surface area contributed by atoms with E-state index >= 15 is 0 Å². The Morgan fingerprint density at radius 1 is 1.18 bits per heavy atom. The van der Waals surface area contributed by atoms with Gasteiger partial charge in [-0.05, 0) is 67.5 Å². The Morgan fingerprint density at radius 3 is 2.77 bits per heavy atom. The fourth-order valence-electron chi connectivity index (χ4n) is 5.99. The van der Waals surface area contributed by atoms with Gasteiger partial charge in [0.05, 0.1) is 17.7 Å². The molecule has 11 heteroatoms. The zero-order valence-electron chi connectivity index (χ0n) is 21.2. The van der Waals surface area contributed by atoms with Crippen molar-refractivity contribution in [3.63, 3.8) is 0 Å². The van der Waals surface area contributed by atoms with Crippen molar-refractivity contribution in [1.29, 1.82) is 0 Å². The maximum atomic E-state index is 14.4. The normalized spacial score (nSPS) is 20.1. The first kappa shape index (κ1) is 24.0. The number of ketones is 2. The highest BCUT2D eigenvalue weighted by Gasteiger charge is 2.54. The minimum atomic E-state index is -1.03. The van der Waals surface area contributed by atoms with Crippen molar-refractivity contribution in [3.8, 4) is 22.9 Å². The minimum absolute atomic E-state index is 0.106. The lowest BCUT2D eigenvalue weighted by molar-refractivity contribution is -0.0138. The molecule has 2 aromatic carbocycles. The number of carbonyl (C=O) groups excluding carboxylic acids is 2. The van der Waals surface area contributed by atoms with E-state index in [1.54, 1.807) is 24.3 Å². The second-order valence-corrected chi connectivity index (χ2v) is 10.5. The first-order valence-electron chi connectivity index (χ1n) is 13.3. The van der Waals surface area contributed by atoms with E-state index in [1.165, 1.54) is 0 Å². The molecule has 2 fully saturated rings. The summed E-state index contributed by atoms with van der Waals surface area (Å²) in [5.74, 6) is -0.260. The number of tetrazole rings is 1. The molecule has 0 radical (unpaired) electrons. The molecule has 1 saturated heterocycles. The molecule has 4 heterocycles. The third-order valence-corrected chi connectivity index (χ3v) is 8.04. The van der Waals surface area contributed by atoms with Crippen molar-refractivity contribution in [1.82, 2.24) is 30.5 Å². The highest BCUT2D eigenvalue weighted by molar-refractivity contribution is 6.19. The summed E-state index contributed by atoms with van der Waals surface area (Å²) in [5.41, 5.74) is 1.27. The van der Waals surface area contributed by atoms with Crippen LogP contribution in [0.25, 0.3) is 22.3 Å². The number of rotatable bonds is 7. The Kier molecular flexibility index (Phi) is 5.71. The van der Waals surface area contributed by atoms with Gasteiger partial charge < -0.3 is 24.5 Å². The van der Waals surface area contributed by atoms with Crippen LogP contribution in [0.15, 0.2) is 42.6 Å². The SMILES string of the molecule is O=C(c1cc(OCCO)c2ccn(C3CC3)c2c1)C1C(=O)c2cc(-c3nn[nH]n3)ccc2OC12CCNCC2. The molecule has 1 aliphatic carbocycles. The number of fused-ring (bicyclic) bond motifs is 2. The predicted molar refractivity (Wildman–Crippen MR) is 140 cm³/mol. The van der Waals surface area contributed by atoms with E-state index in [2.05, 4.69) is 30.5 Å². The standard InChI is InChI=1S/C28H28N6O5/c35-11-12-38-23-15-17(14-21-19(23)5-10-34(21)18-2-3-18)25(36)24-26(37)20-13-16(27-30-32-33-31-27)1-4-22(20)39-28(24)6-8-29-9-7-28/h1,4-5,10,13-15,18,24,29,35H,2-3,6-9,11-12H2,(H,30,31,32,33). The average Bonchev–Trinajstić information content (AvgIpc) is 3.46. The van der Waals surface area contributed by atoms with E-state index in [4.69, 9.17) is 9.47 Å². The molecule has 3 N–H and O–H groups in total. The number of H-pyrrole nitrogens is 1. The van der Waals surface area contributed by atoms with E-state index in [0.29, 0.717) is 66.0 Å². The minimum Gasteiger partial charge on any atom is -0.490 e. The average molecular weight is 529 g/mol. The predicted octanol–water partition coefficient (Wildman–Crippen LogP) is 2.72. The lowest BCUT2D eigenvalue weighted by atomic mass is 9.70. The number of ether oxygens (including phenoxy) is 2. The van der Waals surface area contributed by atoms with Crippen molar-refractivity contribution < 1.29 is 24.2 Å². The number of hydrogen-bond donors (Lipinski definition) is 3. The molecular formula is C28H28N6O5. The van der Waals surface area contributed by atoms with Gasteiger partial charge in [0.2, 0.25) is 5.82 Å². The monoisotopic (exact) mass is 528 g/mol. The van der Waals surface area contributed by atoms with Crippen LogP contribution in [0.2, 0.25) is 0 Å². The molecule has 3 aliphatic rings. The van der Waals surface area contributed by atoms with Crippen molar-refractivity contribution in [3.05, 3.63) is 53.7 Å². The summed E-state index contributed by atoms with van der Waals surface area (Å²) in [7, 11) is 0. The van der Waals surface area contributed by atoms with Gasteiger partial charge in [-0.1, -0.05) is 0 Å². The van der Waals surface area contributed by atoms with Crippen LogP contribution in [0.1, 0.15) is 52.4 Å². The Balaban J connectivity index is 1.34. The number of aromatic nitrogens is 5.